The van der Waals surface area contributed by atoms with Crippen LogP contribution in [-0.4, -0.2) is 72.0 Å². The van der Waals surface area contributed by atoms with E-state index in [2.05, 4.69) is 5.32 Å². The summed E-state index contributed by atoms with van der Waals surface area (Å²) in [6, 6.07) is 32.9. The highest BCUT2D eigenvalue weighted by Crippen LogP contribution is 2.23. The van der Waals surface area contributed by atoms with Crippen molar-refractivity contribution in [2.24, 2.45) is 11.1 Å². The Kier molecular flexibility index (Phi) is 12.7. The molecule has 0 spiro atoms. The van der Waals surface area contributed by atoms with Crippen LogP contribution in [0.15, 0.2) is 109 Å². The standard InChI is InChI=1S/C40H48N4O4/c1-5-40(2,28-45)27-42-37(46)35(24-29-13-8-6-9-14-29)43(3)39(48)36(44(4)38(47)34-18-12-15-31(23-34)26-41)25-30-19-21-33(22-20-30)32-16-10-7-11-17-32/h6-23,35-36,45H,5,24-28,41H2,1-4H3,(H,42,46)/t35-,36-,40?/m1/s1. The Labute approximate surface area is 284 Å². The highest BCUT2D eigenvalue weighted by atomic mass is 16.3. The fourth-order valence-corrected chi connectivity index (χ4v) is 5.60. The zero-order chi connectivity index (χ0) is 34.7. The Morgan fingerprint density at radius 3 is 1.92 bits per heavy atom. The number of hydrogen-bond acceptors (Lipinski definition) is 5. The number of hydrogen-bond donors (Lipinski definition) is 3. The van der Waals surface area contributed by atoms with Crippen molar-refractivity contribution in [2.45, 2.75) is 51.7 Å². The quantitative estimate of drug-likeness (QED) is 0.166. The summed E-state index contributed by atoms with van der Waals surface area (Å²) < 4.78 is 0. The van der Waals surface area contributed by atoms with E-state index in [9.17, 15) is 19.5 Å². The van der Waals surface area contributed by atoms with Gasteiger partial charge in [-0.25, -0.2) is 0 Å². The molecule has 0 aliphatic carbocycles. The van der Waals surface area contributed by atoms with Crippen molar-refractivity contribution in [3.63, 3.8) is 0 Å². The van der Waals surface area contributed by atoms with Crippen LogP contribution in [0.1, 0.15) is 47.3 Å². The first-order valence-electron chi connectivity index (χ1n) is 16.5. The summed E-state index contributed by atoms with van der Waals surface area (Å²) in [6.07, 6.45) is 1.20. The third-order valence-electron chi connectivity index (χ3n) is 9.29. The first-order chi connectivity index (χ1) is 23.1. The molecule has 0 fully saturated rings. The van der Waals surface area contributed by atoms with Gasteiger partial charge in [0.25, 0.3) is 5.91 Å². The lowest BCUT2D eigenvalue weighted by atomic mass is 9.88. The molecular formula is C40H48N4O4. The molecule has 0 radical (unpaired) electrons. The highest BCUT2D eigenvalue weighted by Gasteiger charge is 2.36. The van der Waals surface area contributed by atoms with Gasteiger partial charge >= 0.3 is 0 Å². The topological polar surface area (TPSA) is 116 Å². The molecule has 4 rings (SSSR count). The molecule has 3 atom stereocenters. The van der Waals surface area contributed by atoms with E-state index in [4.69, 9.17) is 5.73 Å². The Morgan fingerprint density at radius 2 is 1.31 bits per heavy atom. The number of amides is 3. The Balaban J connectivity index is 1.67. The number of carbonyl (C=O) groups excluding carboxylic acids is 3. The van der Waals surface area contributed by atoms with Crippen molar-refractivity contribution < 1.29 is 19.5 Å². The van der Waals surface area contributed by atoms with E-state index in [1.165, 1.54) is 9.80 Å². The zero-order valence-electron chi connectivity index (χ0n) is 28.4. The summed E-state index contributed by atoms with van der Waals surface area (Å²) in [5, 5.41) is 12.9. The number of nitrogens with one attached hydrogen (secondary N) is 1. The van der Waals surface area contributed by atoms with Crippen LogP contribution < -0.4 is 11.1 Å². The second-order valence-corrected chi connectivity index (χ2v) is 12.8. The summed E-state index contributed by atoms with van der Waals surface area (Å²) in [5.41, 5.74) is 10.5. The van der Waals surface area contributed by atoms with E-state index in [0.29, 0.717) is 12.0 Å². The van der Waals surface area contributed by atoms with Crippen molar-refractivity contribution in [3.8, 4) is 11.1 Å². The molecule has 252 valence electrons. The first kappa shape index (κ1) is 36.1. The fourth-order valence-electron chi connectivity index (χ4n) is 5.60. The zero-order valence-corrected chi connectivity index (χ0v) is 28.4. The summed E-state index contributed by atoms with van der Waals surface area (Å²) in [5.74, 6) is -0.994. The van der Waals surface area contributed by atoms with Crippen LogP contribution >= 0.6 is 0 Å². The van der Waals surface area contributed by atoms with Gasteiger partial charge < -0.3 is 26.0 Å². The van der Waals surface area contributed by atoms with Gasteiger partial charge in [0.2, 0.25) is 11.8 Å². The normalized spacial score (nSPS) is 13.5. The molecule has 4 aromatic rings. The van der Waals surface area contributed by atoms with Gasteiger partial charge in [-0.3, -0.25) is 14.4 Å². The van der Waals surface area contributed by atoms with Crippen molar-refractivity contribution in [3.05, 3.63) is 131 Å². The monoisotopic (exact) mass is 648 g/mol. The van der Waals surface area contributed by atoms with E-state index in [0.717, 1.165) is 27.8 Å². The van der Waals surface area contributed by atoms with Crippen LogP contribution in [0.4, 0.5) is 0 Å². The van der Waals surface area contributed by atoms with Gasteiger partial charge in [-0.05, 0) is 46.4 Å². The number of aliphatic hydroxyl groups excluding tert-OH is 1. The third kappa shape index (κ3) is 9.18. The van der Waals surface area contributed by atoms with E-state index in [1.807, 2.05) is 105 Å². The molecule has 0 saturated carbocycles. The minimum absolute atomic E-state index is 0.0781. The minimum atomic E-state index is -0.906. The van der Waals surface area contributed by atoms with E-state index >= 15 is 0 Å². The van der Waals surface area contributed by atoms with Crippen LogP contribution in [0.5, 0.6) is 0 Å². The number of benzene rings is 4. The molecule has 0 aliphatic heterocycles. The molecule has 0 aromatic heterocycles. The van der Waals surface area contributed by atoms with Gasteiger partial charge in [0.05, 0.1) is 6.61 Å². The summed E-state index contributed by atoms with van der Waals surface area (Å²) in [4.78, 5) is 45.3. The molecule has 4 N–H and O–H groups in total. The number of rotatable bonds is 15. The number of aliphatic hydroxyl groups is 1. The van der Waals surface area contributed by atoms with E-state index in [-0.39, 0.29) is 50.3 Å². The SMILES string of the molecule is CCC(C)(CO)CNC(=O)[C@@H](Cc1ccccc1)N(C)C(=O)[C@@H](Cc1ccc(-c2ccccc2)cc1)N(C)C(=O)c1cccc(CN)c1. The van der Waals surface area contributed by atoms with Crippen LogP contribution in [0.3, 0.4) is 0 Å². The molecular weight excluding hydrogens is 600 g/mol. The van der Waals surface area contributed by atoms with Gasteiger partial charge in [0.15, 0.2) is 0 Å². The molecule has 1 unspecified atom stereocenters. The smallest absolute Gasteiger partial charge is 0.254 e. The predicted octanol–water partition coefficient (Wildman–Crippen LogP) is 5.09. The molecule has 3 amide bonds. The Hall–Kier alpha value is -4.79. The molecule has 0 bridgehead atoms. The second-order valence-electron chi connectivity index (χ2n) is 12.8. The first-order valence-corrected chi connectivity index (χ1v) is 16.5. The number of nitrogens with two attached hydrogens (primary N) is 1. The van der Waals surface area contributed by atoms with Gasteiger partial charge in [-0.1, -0.05) is 111 Å². The molecule has 0 aliphatic rings. The molecule has 0 saturated heterocycles. The maximum absolute atomic E-state index is 14.6. The van der Waals surface area contributed by atoms with Crippen LogP contribution in [-0.2, 0) is 29.0 Å². The van der Waals surface area contributed by atoms with Crippen molar-refractivity contribution in [1.29, 1.82) is 0 Å². The fraction of sp³-hybridized carbons (Fsp3) is 0.325. The number of carbonyl (C=O) groups is 3. The molecule has 8 nitrogen and oxygen atoms in total. The predicted molar refractivity (Wildman–Crippen MR) is 191 cm³/mol. The molecule has 8 heteroatoms. The van der Waals surface area contributed by atoms with E-state index in [1.54, 1.807) is 32.3 Å². The van der Waals surface area contributed by atoms with Crippen LogP contribution in [0.25, 0.3) is 11.1 Å². The highest BCUT2D eigenvalue weighted by molar-refractivity contribution is 5.98. The summed E-state index contributed by atoms with van der Waals surface area (Å²) >= 11 is 0. The molecule has 48 heavy (non-hydrogen) atoms. The van der Waals surface area contributed by atoms with Gasteiger partial charge in [-0.2, -0.15) is 0 Å². The average Bonchev–Trinajstić information content (AvgIpc) is 3.14. The average molecular weight is 649 g/mol. The third-order valence-corrected chi connectivity index (χ3v) is 9.29. The molecule has 4 aromatic carbocycles. The van der Waals surface area contributed by atoms with Crippen molar-refractivity contribution >= 4 is 17.7 Å². The van der Waals surface area contributed by atoms with Gasteiger partial charge in [0, 0.05) is 51.0 Å². The second kappa shape index (κ2) is 16.9. The Bertz CT molecular complexity index is 1640. The van der Waals surface area contributed by atoms with Crippen LogP contribution in [0, 0.1) is 5.41 Å². The van der Waals surface area contributed by atoms with E-state index < -0.39 is 17.5 Å². The summed E-state index contributed by atoms with van der Waals surface area (Å²) in [7, 11) is 3.26. The lowest BCUT2D eigenvalue weighted by molar-refractivity contribution is -0.142. The molecule has 0 heterocycles. The maximum atomic E-state index is 14.6. The largest absolute Gasteiger partial charge is 0.396 e. The minimum Gasteiger partial charge on any atom is -0.396 e. The lowest BCUT2D eigenvalue weighted by Gasteiger charge is -2.35. The Morgan fingerprint density at radius 1 is 0.750 bits per heavy atom. The van der Waals surface area contributed by atoms with Crippen molar-refractivity contribution in [2.75, 3.05) is 27.2 Å². The van der Waals surface area contributed by atoms with Crippen molar-refractivity contribution in [1.82, 2.24) is 15.1 Å². The van der Waals surface area contributed by atoms with Gasteiger partial charge in [-0.15, -0.1) is 0 Å². The summed E-state index contributed by atoms with van der Waals surface area (Å²) in [6.45, 7) is 4.35. The maximum Gasteiger partial charge on any atom is 0.254 e. The lowest BCUT2D eigenvalue weighted by Crippen LogP contribution is -2.56. The van der Waals surface area contributed by atoms with Crippen LogP contribution in [0.2, 0.25) is 0 Å². The number of nitrogens with zero attached hydrogens (tertiary/aromatic N) is 2. The van der Waals surface area contributed by atoms with Gasteiger partial charge in [0.1, 0.15) is 12.1 Å². The number of likely N-dealkylation sites (N-methyl/N-ethyl adjacent to an activating group) is 2.